The minimum Gasteiger partial charge on any atom is -0.478 e. The van der Waals surface area contributed by atoms with Crippen molar-refractivity contribution in [2.24, 2.45) is 16.8 Å². The molecule has 4 aliphatic rings. The quantitative estimate of drug-likeness (QED) is 0.0653. The molecule has 0 bridgehead atoms. The molecular formula is C45H49N6O6+. The van der Waals surface area contributed by atoms with Gasteiger partial charge in [0.15, 0.2) is 0 Å². The van der Waals surface area contributed by atoms with Crippen molar-refractivity contribution in [1.29, 1.82) is 0 Å². The summed E-state index contributed by atoms with van der Waals surface area (Å²) >= 11 is 0. The van der Waals surface area contributed by atoms with Crippen LogP contribution in [0.5, 0.6) is 0 Å². The number of benzene rings is 4. The zero-order valence-electron chi connectivity index (χ0n) is 32.8. The summed E-state index contributed by atoms with van der Waals surface area (Å²) in [4.78, 5) is 39.3. The van der Waals surface area contributed by atoms with E-state index in [1.165, 1.54) is 6.07 Å². The predicted octanol–water partition coefficient (Wildman–Crippen LogP) is 6.39. The molecule has 0 aromatic heterocycles. The monoisotopic (exact) mass is 769 g/mol. The third-order valence-corrected chi connectivity index (χ3v) is 10.9. The molecule has 7 rings (SSSR count). The van der Waals surface area contributed by atoms with Crippen LogP contribution >= 0.6 is 0 Å². The van der Waals surface area contributed by atoms with Gasteiger partial charge in [-0.25, -0.2) is 14.2 Å². The molecule has 0 spiro atoms. The van der Waals surface area contributed by atoms with Gasteiger partial charge in [-0.1, -0.05) is 55.3 Å². The maximum Gasteiger partial charge on any atom is 0.407 e. The number of hydrogen-bond acceptors (Lipinski definition) is 8. The first-order valence-corrected chi connectivity index (χ1v) is 19.4. The fraction of sp³-hybridized carbons (Fsp3) is 0.311. The number of aromatic carboxylic acids is 1. The smallest absolute Gasteiger partial charge is 0.407 e. The fourth-order valence-corrected chi connectivity index (χ4v) is 7.91. The van der Waals surface area contributed by atoms with E-state index in [1.807, 2.05) is 93.2 Å². The normalized spacial score (nSPS) is 16.8. The predicted molar refractivity (Wildman–Crippen MR) is 221 cm³/mol. The number of nitrogens with one attached hydrogen (secondary N) is 3. The number of hydrazone groups is 1. The number of carboxylic acids is 1. The average molecular weight is 770 g/mol. The Labute approximate surface area is 331 Å². The highest BCUT2D eigenvalue weighted by atomic mass is 16.6. The summed E-state index contributed by atoms with van der Waals surface area (Å²) < 4.78 is 14.4. The van der Waals surface area contributed by atoms with Crippen LogP contribution in [0.1, 0.15) is 76.4 Å². The van der Waals surface area contributed by atoms with Crippen LogP contribution in [-0.4, -0.2) is 62.1 Å². The molecule has 2 aliphatic heterocycles. The van der Waals surface area contributed by atoms with Crippen LogP contribution in [-0.2, 0) is 11.3 Å². The van der Waals surface area contributed by atoms with Crippen LogP contribution in [0.15, 0.2) is 99.7 Å². The van der Waals surface area contributed by atoms with E-state index < -0.39 is 24.1 Å². The van der Waals surface area contributed by atoms with Gasteiger partial charge in [-0.15, -0.1) is 0 Å². The number of fused-ring (bicyclic) bond motifs is 3. The van der Waals surface area contributed by atoms with Gasteiger partial charge in [0.25, 0.3) is 5.91 Å². The van der Waals surface area contributed by atoms with E-state index in [-0.39, 0.29) is 30.1 Å². The van der Waals surface area contributed by atoms with Crippen molar-refractivity contribution in [3.63, 3.8) is 0 Å². The molecule has 12 nitrogen and oxygen atoms in total. The van der Waals surface area contributed by atoms with Gasteiger partial charge in [-0.2, -0.15) is 5.10 Å². The SMILES string of the molecule is CC1=C2C(OC(=O)NCCNC(=O)c3ccc(-c4c5ccc(=[N+](C)C)cc-5oc5cc(C)ccc45)c(C(=O)O)c3)CCCCCC2C(c2ccc(CN)cc2)=NN1. The third-order valence-electron chi connectivity index (χ3n) is 10.9. The first kappa shape index (κ1) is 39.0. The van der Waals surface area contributed by atoms with E-state index in [0.29, 0.717) is 35.4 Å². The molecule has 1 saturated carbocycles. The molecular weight excluding hydrogens is 721 g/mol. The fourth-order valence-electron chi connectivity index (χ4n) is 7.91. The summed E-state index contributed by atoms with van der Waals surface area (Å²) in [6.45, 7) is 4.62. The Morgan fingerprint density at radius 2 is 1.67 bits per heavy atom. The van der Waals surface area contributed by atoms with Crippen molar-refractivity contribution >= 4 is 34.7 Å². The Bertz CT molecular complexity index is 2460. The Kier molecular flexibility index (Phi) is 11.5. The first-order chi connectivity index (χ1) is 27.5. The number of carbonyl (C=O) groups excluding carboxylic acids is 2. The van der Waals surface area contributed by atoms with Crippen LogP contribution < -0.4 is 31.7 Å². The third kappa shape index (κ3) is 8.31. The number of rotatable bonds is 9. The van der Waals surface area contributed by atoms with Crippen molar-refractivity contribution in [2.45, 2.75) is 58.6 Å². The molecule has 2 amide bonds. The summed E-state index contributed by atoms with van der Waals surface area (Å²) in [5.74, 6) is -1.01. The lowest BCUT2D eigenvalue weighted by atomic mass is 9.78. The van der Waals surface area contributed by atoms with Gasteiger partial charge in [0, 0.05) is 59.4 Å². The van der Waals surface area contributed by atoms with Crippen molar-refractivity contribution in [2.75, 3.05) is 27.2 Å². The Morgan fingerprint density at radius 3 is 2.42 bits per heavy atom. The summed E-state index contributed by atoms with van der Waals surface area (Å²) in [6.07, 6.45) is 3.57. The highest BCUT2D eigenvalue weighted by molar-refractivity contribution is 6.09. The van der Waals surface area contributed by atoms with E-state index >= 15 is 0 Å². The number of alkyl carbamates (subject to hydrolysis) is 1. The van der Waals surface area contributed by atoms with Crippen LogP contribution in [0.2, 0.25) is 0 Å². The second kappa shape index (κ2) is 16.8. The highest BCUT2D eigenvalue weighted by Gasteiger charge is 2.35. The molecule has 57 heavy (non-hydrogen) atoms. The number of nitrogens with zero attached hydrogens (tertiary/aromatic N) is 2. The molecule has 3 aromatic carbocycles. The van der Waals surface area contributed by atoms with Gasteiger partial charge in [-0.05, 0) is 85.2 Å². The molecule has 294 valence electrons. The van der Waals surface area contributed by atoms with Crippen LogP contribution in [0.25, 0.3) is 33.4 Å². The molecule has 0 radical (unpaired) electrons. The zero-order chi connectivity index (χ0) is 40.2. The van der Waals surface area contributed by atoms with Crippen molar-refractivity contribution < 1.29 is 28.6 Å². The topological polar surface area (TPSA) is 171 Å². The minimum atomic E-state index is -1.17. The molecule has 2 heterocycles. The second-order valence-corrected chi connectivity index (χ2v) is 15.0. The summed E-state index contributed by atoms with van der Waals surface area (Å²) in [5.41, 5.74) is 17.6. The Morgan fingerprint density at radius 1 is 0.912 bits per heavy atom. The highest BCUT2D eigenvalue weighted by Crippen LogP contribution is 2.42. The van der Waals surface area contributed by atoms with Crippen molar-refractivity contribution in [3.05, 3.63) is 123 Å². The molecule has 6 N–H and O–H groups in total. The minimum absolute atomic E-state index is 0.00362. The first-order valence-electron chi connectivity index (χ1n) is 19.4. The van der Waals surface area contributed by atoms with Gasteiger partial charge in [0.2, 0.25) is 5.36 Å². The molecule has 3 aromatic rings. The standard InChI is InChI=1S/C45H48N6O6/c1-26-10-17-33-38(22-26)56-39-24-31(51(3)4)16-19-34(39)41(33)32-18-15-30(23-36(32)44(53)54)43(52)47-20-21-48-45(55)57-37-9-7-5-6-8-35-40(37)27(2)49-50-42(35)29-13-11-28(25-46)12-14-29/h10-19,22-24,35,37,49H,5-9,20-21,25,46H2,1-4H3,(H2-,47,48,52,53,54,55)/p+1. The second-order valence-electron chi connectivity index (χ2n) is 15.0. The van der Waals surface area contributed by atoms with E-state index in [1.54, 1.807) is 12.1 Å². The largest absolute Gasteiger partial charge is 0.478 e. The van der Waals surface area contributed by atoms with Crippen LogP contribution in [0.3, 0.4) is 0 Å². The van der Waals surface area contributed by atoms with Crippen molar-refractivity contribution in [3.8, 4) is 22.5 Å². The molecule has 12 heteroatoms. The van der Waals surface area contributed by atoms with Gasteiger partial charge in [0.1, 0.15) is 31.5 Å². The van der Waals surface area contributed by atoms with E-state index in [9.17, 15) is 19.5 Å². The van der Waals surface area contributed by atoms with Crippen LogP contribution in [0.4, 0.5) is 4.79 Å². The molecule has 0 saturated heterocycles. The zero-order valence-corrected chi connectivity index (χ0v) is 32.8. The number of aryl methyl sites for hydroxylation is 1. The number of nitrogens with two attached hydrogens (primary N) is 1. The van der Waals surface area contributed by atoms with E-state index in [4.69, 9.17) is 20.0 Å². The van der Waals surface area contributed by atoms with E-state index in [2.05, 4.69) is 16.1 Å². The number of hydrogen-bond donors (Lipinski definition) is 5. The lowest BCUT2D eigenvalue weighted by molar-refractivity contribution is 0.0697. The molecule has 2 unspecified atom stereocenters. The maximum atomic E-state index is 13.3. The average Bonchev–Trinajstić information content (AvgIpc) is 3.19. The lowest BCUT2D eigenvalue weighted by Gasteiger charge is -2.34. The summed E-state index contributed by atoms with van der Waals surface area (Å²) in [7, 11) is 3.89. The maximum absolute atomic E-state index is 13.3. The molecule has 2 atom stereocenters. The Hall–Kier alpha value is -6.27. The molecule has 1 fully saturated rings. The van der Waals surface area contributed by atoms with Gasteiger partial charge in [0.05, 0.1) is 17.3 Å². The van der Waals surface area contributed by atoms with Crippen molar-refractivity contribution in [1.82, 2.24) is 20.6 Å². The number of carbonyl (C=O) groups is 3. The summed E-state index contributed by atoms with van der Waals surface area (Å²) in [5, 5.41) is 22.4. The Balaban J connectivity index is 1.03. The number of ether oxygens (including phenoxy) is 1. The van der Waals surface area contributed by atoms with Gasteiger partial charge in [-0.3, -0.25) is 10.2 Å². The van der Waals surface area contributed by atoms with Gasteiger partial charge < -0.3 is 30.6 Å². The number of amides is 2. The number of carboxylic acid groups (broad SMARTS) is 1. The molecule has 2 aliphatic carbocycles. The van der Waals surface area contributed by atoms with Gasteiger partial charge >= 0.3 is 12.1 Å². The van der Waals surface area contributed by atoms with Crippen LogP contribution in [0, 0.1) is 12.8 Å². The lowest BCUT2D eigenvalue weighted by Crippen LogP contribution is -2.40. The summed E-state index contributed by atoms with van der Waals surface area (Å²) in [6, 6.07) is 24.4. The van der Waals surface area contributed by atoms with E-state index in [0.717, 1.165) is 75.7 Å². The number of allylic oxidation sites excluding steroid dienone is 1.